The van der Waals surface area contributed by atoms with Crippen molar-refractivity contribution in [3.8, 4) is 5.75 Å². The monoisotopic (exact) mass is 345 g/mol. The van der Waals surface area contributed by atoms with Crippen molar-refractivity contribution >= 4 is 5.96 Å². The summed E-state index contributed by atoms with van der Waals surface area (Å²) in [5, 5.41) is 6.86. The number of nitrogens with zero attached hydrogens (tertiary/aromatic N) is 1. The summed E-state index contributed by atoms with van der Waals surface area (Å²) >= 11 is 0. The van der Waals surface area contributed by atoms with E-state index in [9.17, 15) is 0 Å². The van der Waals surface area contributed by atoms with Crippen LogP contribution in [0.3, 0.4) is 0 Å². The highest BCUT2D eigenvalue weighted by molar-refractivity contribution is 5.80. The predicted octanol–water partition coefficient (Wildman–Crippen LogP) is 3.06. The molecule has 2 N–H and O–H groups in total. The summed E-state index contributed by atoms with van der Waals surface area (Å²) in [6.07, 6.45) is 4.26. The van der Waals surface area contributed by atoms with Crippen LogP contribution in [0.15, 0.2) is 29.3 Å². The summed E-state index contributed by atoms with van der Waals surface area (Å²) in [4.78, 5) is 4.66. The molecule has 0 spiro atoms. The number of benzene rings is 1. The van der Waals surface area contributed by atoms with E-state index in [1.165, 1.54) is 12.0 Å². The van der Waals surface area contributed by atoms with Crippen LogP contribution < -0.4 is 15.4 Å². The van der Waals surface area contributed by atoms with E-state index < -0.39 is 0 Å². The van der Waals surface area contributed by atoms with Crippen molar-refractivity contribution in [3.63, 3.8) is 0 Å². The lowest BCUT2D eigenvalue weighted by Gasteiger charge is -2.22. The number of aliphatic imine (C=N–C) groups is 1. The van der Waals surface area contributed by atoms with Crippen LogP contribution in [0.25, 0.3) is 0 Å². The van der Waals surface area contributed by atoms with Gasteiger partial charge in [-0.05, 0) is 43.7 Å². The fourth-order valence-corrected chi connectivity index (χ4v) is 3.69. The van der Waals surface area contributed by atoms with E-state index in [0.717, 1.165) is 31.1 Å². The number of hydrogen-bond donors (Lipinski definition) is 2. The second-order valence-electron chi connectivity index (χ2n) is 7.16. The van der Waals surface area contributed by atoms with Crippen molar-refractivity contribution in [2.45, 2.75) is 64.2 Å². The van der Waals surface area contributed by atoms with E-state index in [1.807, 2.05) is 12.1 Å². The smallest absolute Gasteiger partial charge is 0.191 e. The average Bonchev–Trinajstić information content (AvgIpc) is 3.22. The summed E-state index contributed by atoms with van der Waals surface area (Å²) < 4.78 is 11.9. The highest BCUT2D eigenvalue weighted by Crippen LogP contribution is 2.34. The Bertz CT molecular complexity index is 588. The van der Waals surface area contributed by atoms with Gasteiger partial charge in [0.2, 0.25) is 0 Å². The zero-order chi connectivity index (χ0) is 17.6. The third-order valence-electron chi connectivity index (χ3n) is 4.93. The molecular weight excluding hydrogens is 314 g/mol. The Morgan fingerprint density at radius 2 is 2.16 bits per heavy atom. The molecule has 2 saturated heterocycles. The van der Waals surface area contributed by atoms with Crippen LogP contribution >= 0.6 is 0 Å². The molecule has 1 aromatic rings. The van der Waals surface area contributed by atoms with E-state index in [0.29, 0.717) is 37.3 Å². The third kappa shape index (κ3) is 4.66. The van der Waals surface area contributed by atoms with Crippen molar-refractivity contribution in [1.29, 1.82) is 0 Å². The SMILES string of the molecule is CCNC(=NCCOc1ccccc1C(C)C)NC1CC2CCC1O2. The first-order chi connectivity index (χ1) is 12.2. The Kier molecular flexibility index (Phi) is 6.19. The van der Waals surface area contributed by atoms with Gasteiger partial charge in [0.25, 0.3) is 0 Å². The van der Waals surface area contributed by atoms with Crippen LogP contribution in [0.4, 0.5) is 0 Å². The van der Waals surface area contributed by atoms with Crippen molar-refractivity contribution in [2.75, 3.05) is 19.7 Å². The Balaban J connectivity index is 1.50. The van der Waals surface area contributed by atoms with Crippen molar-refractivity contribution in [2.24, 2.45) is 4.99 Å². The molecule has 3 unspecified atom stereocenters. The molecule has 0 amide bonds. The quantitative estimate of drug-likeness (QED) is 0.453. The molecule has 2 fully saturated rings. The van der Waals surface area contributed by atoms with Crippen LogP contribution in [-0.4, -0.2) is 43.9 Å². The highest BCUT2D eigenvalue weighted by atomic mass is 16.5. The van der Waals surface area contributed by atoms with Gasteiger partial charge in [-0.3, -0.25) is 0 Å². The minimum Gasteiger partial charge on any atom is -0.491 e. The summed E-state index contributed by atoms with van der Waals surface area (Å²) in [6, 6.07) is 8.63. The van der Waals surface area contributed by atoms with Crippen molar-refractivity contribution in [3.05, 3.63) is 29.8 Å². The molecule has 5 heteroatoms. The molecule has 2 aliphatic rings. The third-order valence-corrected chi connectivity index (χ3v) is 4.93. The summed E-state index contributed by atoms with van der Waals surface area (Å²) in [6.45, 7) is 8.52. The zero-order valence-corrected chi connectivity index (χ0v) is 15.6. The van der Waals surface area contributed by atoms with E-state index in [-0.39, 0.29) is 0 Å². The fraction of sp³-hybridized carbons (Fsp3) is 0.650. The summed E-state index contributed by atoms with van der Waals surface area (Å²) in [5.41, 5.74) is 1.25. The van der Waals surface area contributed by atoms with Gasteiger partial charge in [-0.15, -0.1) is 0 Å². The maximum absolute atomic E-state index is 5.96. The lowest BCUT2D eigenvalue weighted by atomic mass is 9.96. The van der Waals surface area contributed by atoms with E-state index >= 15 is 0 Å². The molecule has 0 saturated carbocycles. The standard InChI is InChI=1S/C20H31N3O2/c1-4-21-20(23-17-13-15-9-10-19(17)25-15)22-11-12-24-18-8-6-5-7-16(18)14(2)3/h5-8,14-15,17,19H,4,9-13H2,1-3H3,(H2,21,22,23). The van der Waals surface area contributed by atoms with Crippen LogP contribution in [-0.2, 0) is 4.74 Å². The number of rotatable bonds is 7. The topological polar surface area (TPSA) is 54.9 Å². The largest absolute Gasteiger partial charge is 0.491 e. The summed E-state index contributed by atoms with van der Waals surface area (Å²) in [5.74, 6) is 2.29. The molecule has 0 aromatic heterocycles. The second kappa shape index (κ2) is 8.56. The molecule has 25 heavy (non-hydrogen) atoms. The number of guanidine groups is 1. The Labute approximate surface area is 151 Å². The molecular formula is C20H31N3O2. The van der Waals surface area contributed by atoms with E-state index in [2.05, 4.69) is 48.5 Å². The number of hydrogen-bond acceptors (Lipinski definition) is 3. The van der Waals surface area contributed by atoms with Gasteiger partial charge >= 0.3 is 0 Å². The first kappa shape index (κ1) is 18.1. The Morgan fingerprint density at radius 1 is 1.32 bits per heavy atom. The van der Waals surface area contributed by atoms with Crippen LogP contribution in [0.1, 0.15) is 51.5 Å². The summed E-state index contributed by atoms with van der Waals surface area (Å²) in [7, 11) is 0. The van der Waals surface area contributed by atoms with Crippen molar-refractivity contribution in [1.82, 2.24) is 10.6 Å². The van der Waals surface area contributed by atoms with Gasteiger partial charge in [-0.25, -0.2) is 4.99 Å². The van der Waals surface area contributed by atoms with Gasteiger partial charge in [0.1, 0.15) is 12.4 Å². The Morgan fingerprint density at radius 3 is 2.84 bits per heavy atom. The van der Waals surface area contributed by atoms with Gasteiger partial charge in [-0.2, -0.15) is 0 Å². The normalized spacial score (nSPS) is 25.4. The van der Waals surface area contributed by atoms with Gasteiger partial charge < -0.3 is 20.1 Å². The number of nitrogens with one attached hydrogen (secondary N) is 2. The van der Waals surface area contributed by atoms with Crippen LogP contribution in [0, 0.1) is 0 Å². The maximum Gasteiger partial charge on any atom is 0.191 e. The maximum atomic E-state index is 5.96. The number of fused-ring (bicyclic) bond motifs is 2. The first-order valence-corrected chi connectivity index (χ1v) is 9.59. The van der Waals surface area contributed by atoms with E-state index in [4.69, 9.17) is 9.47 Å². The molecule has 3 rings (SSSR count). The number of para-hydroxylation sites is 1. The lowest BCUT2D eigenvalue weighted by Crippen LogP contribution is -2.47. The van der Waals surface area contributed by atoms with Gasteiger partial charge in [0.05, 0.1) is 24.8 Å². The Hall–Kier alpha value is -1.75. The highest BCUT2D eigenvalue weighted by Gasteiger charge is 2.41. The van der Waals surface area contributed by atoms with Gasteiger partial charge in [0, 0.05) is 6.54 Å². The average molecular weight is 345 g/mol. The van der Waals surface area contributed by atoms with Crippen LogP contribution in [0.2, 0.25) is 0 Å². The minimum atomic E-state index is 0.350. The molecule has 2 heterocycles. The molecule has 2 aliphatic heterocycles. The molecule has 138 valence electrons. The molecule has 3 atom stereocenters. The molecule has 0 aliphatic carbocycles. The van der Waals surface area contributed by atoms with E-state index in [1.54, 1.807) is 0 Å². The lowest BCUT2D eigenvalue weighted by molar-refractivity contribution is 0.0992. The first-order valence-electron chi connectivity index (χ1n) is 9.59. The zero-order valence-electron chi connectivity index (χ0n) is 15.6. The number of ether oxygens (including phenoxy) is 2. The molecule has 1 aromatic carbocycles. The van der Waals surface area contributed by atoms with Gasteiger partial charge in [0.15, 0.2) is 5.96 Å². The second-order valence-corrected chi connectivity index (χ2v) is 7.16. The molecule has 0 radical (unpaired) electrons. The van der Waals surface area contributed by atoms with Crippen molar-refractivity contribution < 1.29 is 9.47 Å². The fourth-order valence-electron chi connectivity index (χ4n) is 3.69. The van der Waals surface area contributed by atoms with Gasteiger partial charge in [-0.1, -0.05) is 32.0 Å². The molecule has 5 nitrogen and oxygen atoms in total. The predicted molar refractivity (Wildman–Crippen MR) is 101 cm³/mol. The minimum absolute atomic E-state index is 0.350. The molecule has 2 bridgehead atoms. The van der Waals surface area contributed by atoms with Crippen LogP contribution in [0.5, 0.6) is 5.75 Å².